The lowest BCUT2D eigenvalue weighted by molar-refractivity contribution is -0.274. The van der Waals surface area contributed by atoms with Crippen molar-refractivity contribution in [2.24, 2.45) is 5.41 Å². The monoisotopic (exact) mass is 491 g/mol. The number of hydrogen-bond donors (Lipinski definition) is 0. The smallest absolute Gasteiger partial charge is 0.405 e. The maximum Gasteiger partial charge on any atom is 0.573 e. The van der Waals surface area contributed by atoms with Crippen molar-refractivity contribution in [3.8, 4) is 17.0 Å². The molecule has 0 atom stereocenters. The summed E-state index contributed by atoms with van der Waals surface area (Å²) in [7, 11) is 0. The van der Waals surface area contributed by atoms with Crippen LogP contribution in [-0.4, -0.2) is 40.0 Å². The number of hydrogen-bond acceptors (Lipinski definition) is 3. The molecule has 0 N–H and O–H groups in total. The van der Waals surface area contributed by atoms with Crippen molar-refractivity contribution >= 4 is 5.91 Å². The maximum absolute atomic E-state index is 13.7. The van der Waals surface area contributed by atoms with E-state index in [9.17, 15) is 26.7 Å². The van der Waals surface area contributed by atoms with E-state index in [1.807, 2.05) is 24.6 Å². The highest BCUT2D eigenvalue weighted by molar-refractivity contribution is 5.97. The van der Waals surface area contributed by atoms with Gasteiger partial charge in [0.1, 0.15) is 17.4 Å². The first kappa shape index (κ1) is 23.3. The molecule has 2 aliphatic rings. The zero-order chi connectivity index (χ0) is 25.1. The van der Waals surface area contributed by atoms with Crippen LogP contribution in [0.2, 0.25) is 0 Å². The summed E-state index contributed by atoms with van der Waals surface area (Å²) in [6.45, 7) is 4.61. The fourth-order valence-electron chi connectivity index (χ4n) is 5.19. The minimum atomic E-state index is -5.04. The lowest BCUT2D eigenvalue weighted by Crippen LogP contribution is -2.63. The highest BCUT2D eigenvalue weighted by atomic mass is 19.4. The molecule has 2 heterocycles. The van der Waals surface area contributed by atoms with Crippen LogP contribution in [0, 0.1) is 30.9 Å². The van der Waals surface area contributed by atoms with Gasteiger partial charge in [-0.05, 0) is 62.6 Å². The molecule has 1 spiro atoms. The number of aromatic nitrogens is 2. The molecule has 1 saturated carbocycles. The van der Waals surface area contributed by atoms with Crippen LogP contribution in [0.15, 0.2) is 42.5 Å². The lowest BCUT2D eigenvalue weighted by atomic mass is 9.60. The third kappa shape index (κ3) is 4.37. The van der Waals surface area contributed by atoms with Gasteiger partial charge in [0.05, 0.1) is 17.3 Å². The molecule has 1 amide bonds. The standard InChI is InChI=1S/C25H22F5N3O2/c1-14-3-4-16(26)8-20(14)21-7-15(2)33(31-21)18-10-24(11-18)12-32(13-24)23(34)19-6-5-17(27)9-22(19)35-25(28,29)30/h3-9,18H,10-13H2,1-2H3. The van der Waals surface area contributed by atoms with Gasteiger partial charge < -0.3 is 9.64 Å². The second-order valence-electron chi connectivity index (χ2n) is 9.49. The summed E-state index contributed by atoms with van der Waals surface area (Å²) in [5.74, 6) is -2.73. The summed E-state index contributed by atoms with van der Waals surface area (Å²) < 4.78 is 71.1. The van der Waals surface area contributed by atoms with E-state index in [-0.39, 0.29) is 22.8 Å². The van der Waals surface area contributed by atoms with Gasteiger partial charge in [0, 0.05) is 35.8 Å². The minimum Gasteiger partial charge on any atom is -0.405 e. The van der Waals surface area contributed by atoms with E-state index in [1.54, 1.807) is 6.07 Å². The number of carbonyl (C=O) groups excluding carboxylic acids is 1. The van der Waals surface area contributed by atoms with Gasteiger partial charge in [-0.2, -0.15) is 5.10 Å². The van der Waals surface area contributed by atoms with E-state index in [0.717, 1.165) is 41.8 Å². The predicted molar refractivity (Wildman–Crippen MR) is 117 cm³/mol. The van der Waals surface area contributed by atoms with E-state index < -0.39 is 23.8 Å². The molecule has 1 aliphatic heterocycles. The number of benzene rings is 2. The van der Waals surface area contributed by atoms with E-state index >= 15 is 0 Å². The number of likely N-dealkylation sites (tertiary alicyclic amines) is 1. The summed E-state index contributed by atoms with van der Waals surface area (Å²) >= 11 is 0. The van der Waals surface area contributed by atoms with Crippen molar-refractivity contribution < 1.29 is 31.5 Å². The second kappa shape index (κ2) is 8.07. The Morgan fingerprint density at radius 1 is 1.03 bits per heavy atom. The number of ether oxygens (including phenoxy) is 1. The van der Waals surface area contributed by atoms with E-state index in [4.69, 9.17) is 5.10 Å². The van der Waals surface area contributed by atoms with Gasteiger partial charge in [-0.1, -0.05) is 6.07 Å². The van der Waals surface area contributed by atoms with E-state index in [0.29, 0.717) is 24.8 Å². The molecule has 0 radical (unpaired) electrons. The molecule has 2 fully saturated rings. The van der Waals surface area contributed by atoms with Gasteiger partial charge in [-0.3, -0.25) is 9.48 Å². The molecule has 5 nitrogen and oxygen atoms in total. The van der Waals surface area contributed by atoms with Crippen molar-refractivity contribution in [1.29, 1.82) is 0 Å². The number of rotatable bonds is 4. The molecule has 1 aliphatic carbocycles. The van der Waals surface area contributed by atoms with Gasteiger partial charge in [0.25, 0.3) is 5.91 Å². The molecule has 1 aromatic heterocycles. The molecule has 0 unspecified atom stereocenters. The first-order valence-electron chi connectivity index (χ1n) is 11.1. The van der Waals surface area contributed by atoms with Gasteiger partial charge in [0.15, 0.2) is 0 Å². The third-order valence-corrected chi connectivity index (χ3v) is 6.82. The number of carbonyl (C=O) groups is 1. The topological polar surface area (TPSA) is 47.4 Å². The molecule has 3 aromatic rings. The van der Waals surface area contributed by atoms with E-state index in [2.05, 4.69) is 4.74 Å². The summed E-state index contributed by atoms with van der Waals surface area (Å²) in [5.41, 5.74) is 2.84. The van der Waals surface area contributed by atoms with Crippen LogP contribution in [-0.2, 0) is 0 Å². The largest absolute Gasteiger partial charge is 0.573 e. The molecular formula is C25H22F5N3O2. The Morgan fingerprint density at radius 3 is 2.37 bits per heavy atom. The van der Waals surface area contributed by atoms with Gasteiger partial charge >= 0.3 is 6.36 Å². The zero-order valence-electron chi connectivity index (χ0n) is 19.0. The van der Waals surface area contributed by atoms with Crippen LogP contribution in [0.1, 0.15) is 40.5 Å². The summed E-state index contributed by atoms with van der Waals surface area (Å²) in [4.78, 5) is 14.3. The average Bonchev–Trinajstić information content (AvgIpc) is 3.07. The Hall–Kier alpha value is -3.43. The van der Waals surface area contributed by atoms with Crippen LogP contribution >= 0.6 is 0 Å². The summed E-state index contributed by atoms with van der Waals surface area (Å²) in [5, 5.41) is 4.69. The van der Waals surface area contributed by atoms with Crippen LogP contribution in [0.4, 0.5) is 22.0 Å². The van der Waals surface area contributed by atoms with Gasteiger partial charge in [-0.15, -0.1) is 13.2 Å². The van der Waals surface area contributed by atoms with Crippen LogP contribution in [0.5, 0.6) is 5.75 Å². The fraction of sp³-hybridized carbons (Fsp3) is 0.360. The summed E-state index contributed by atoms with van der Waals surface area (Å²) in [6.07, 6.45) is -3.52. The Kier molecular flexibility index (Phi) is 5.37. The molecule has 5 rings (SSSR count). The Morgan fingerprint density at radius 2 is 1.69 bits per heavy atom. The number of nitrogens with zero attached hydrogens (tertiary/aromatic N) is 3. The zero-order valence-corrected chi connectivity index (χ0v) is 19.0. The number of halogens is 5. The van der Waals surface area contributed by atoms with Crippen molar-refractivity contribution in [1.82, 2.24) is 14.7 Å². The van der Waals surface area contributed by atoms with Gasteiger partial charge in [0.2, 0.25) is 0 Å². The Labute approximate surface area is 198 Å². The van der Waals surface area contributed by atoms with Crippen molar-refractivity contribution in [3.05, 3.63) is 70.9 Å². The Bertz CT molecular complexity index is 1300. The molecule has 35 heavy (non-hydrogen) atoms. The highest BCUT2D eigenvalue weighted by Gasteiger charge is 2.55. The molecule has 2 aromatic carbocycles. The molecule has 10 heteroatoms. The Balaban J connectivity index is 1.25. The molecule has 184 valence electrons. The van der Waals surface area contributed by atoms with Crippen molar-refractivity contribution in [2.75, 3.05) is 13.1 Å². The number of aryl methyl sites for hydroxylation is 2. The second-order valence-corrected chi connectivity index (χ2v) is 9.49. The highest BCUT2D eigenvalue weighted by Crippen LogP contribution is 2.54. The first-order chi connectivity index (χ1) is 16.4. The van der Waals surface area contributed by atoms with E-state index in [1.165, 1.54) is 17.0 Å². The van der Waals surface area contributed by atoms with Crippen molar-refractivity contribution in [3.63, 3.8) is 0 Å². The first-order valence-corrected chi connectivity index (χ1v) is 11.1. The quantitative estimate of drug-likeness (QED) is 0.432. The van der Waals surface area contributed by atoms with Crippen LogP contribution in [0.25, 0.3) is 11.3 Å². The third-order valence-electron chi connectivity index (χ3n) is 6.82. The predicted octanol–water partition coefficient (Wildman–Crippen LogP) is 5.82. The SMILES string of the molecule is Cc1ccc(F)cc1-c1cc(C)n(C2CC3(C2)CN(C(=O)c2ccc(F)cc2OC(F)(F)F)C3)n1. The normalized spacial score (nSPS) is 17.3. The van der Waals surface area contributed by atoms with Crippen molar-refractivity contribution in [2.45, 2.75) is 39.1 Å². The molecule has 0 bridgehead atoms. The van der Waals surface area contributed by atoms with Gasteiger partial charge in [-0.25, -0.2) is 8.78 Å². The lowest BCUT2D eigenvalue weighted by Gasteiger charge is -2.59. The number of amides is 1. The molecular weight excluding hydrogens is 469 g/mol. The van der Waals surface area contributed by atoms with Crippen LogP contribution in [0.3, 0.4) is 0 Å². The maximum atomic E-state index is 13.7. The fourth-order valence-corrected chi connectivity index (χ4v) is 5.19. The molecule has 1 saturated heterocycles. The van der Waals surface area contributed by atoms with Crippen LogP contribution < -0.4 is 4.74 Å². The minimum absolute atomic E-state index is 0.116. The average molecular weight is 491 g/mol. The summed E-state index contributed by atoms with van der Waals surface area (Å²) in [6, 6.07) is 9.12. The number of alkyl halides is 3.